The summed E-state index contributed by atoms with van der Waals surface area (Å²) >= 11 is 5.58. The molecule has 37 heavy (non-hydrogen) atoms. The van der Waals surface area contributed by atoms with E-state index in [-0.39, 0.29) is 37.2 Å². The number of nitrogens with one attached hydrogen (secondary N) is 1. The Labute approximate surface area is 215 Å². The van der Waals surface area contributed by atoms with Crippen molar-refractivity contribution in [2.45, 2.75) is 43.8 Å². The number of carbonyl (C=O) groups is 3. The summed E-state index contributed by atoms with van der Waals surface area (Å²) < 4.78 is 79.8. The summed E-state index contributed by atoms with van der Waals surface area (Å²) in [6, 6.07) is 4.14. The van der Waals surface area contributed by atoms with Crippen LogP contribution >= 0.6 is 11.6 Å². The molecule has 1 saturated heterocycles. The zero-order valence-electron chi connectivity index (χ0n) is 19.6. The van der Waals surface area contributed by atoms with Crippen LogP contribution in [-0.4, -0.2) is 55.9 Å². The number of rotatable bonds is 6. The van der Waals surface area contributed by atoms with Crippen LogP contribution in [0.5, 0.6) is 0 Å². The van der Waals surface area contributed by atoms with Gasteiger partial charge in [-0.25, -0.2) is 21.6 Å². The second-order valence-corrected chi connectivity index (χ2v) is 10.5. The maximum absolute atomic E-state index is 14.8. The summed E-state index contributed by atoms with van der Waals surface area (Å²) in [6.45, 7) is 1.61. The smallest absolute Gasteiger partial charge is 0.302 e. The summed E-state index contributed by atoms with van der Waals surface area (Å²) in [7, 11) is -4.64. The number of esters is 2. The molecule has 2 atom stereocenters. The third-order valence-corrected chi connectivity index (χ3v) is 7.46. The first-order valence-electron chi connectivity index (χ1n) is 10.9. The van der Waals surface area contributed by atoms with Crippen molar-refractivity contribution < 1.29 is 45.4 Å². The van der Waals surface area contributed by atoms with Gasteiger partial charge >= 0.3 is 11.9 Å². The first-order valence-corrected chi connectivity index (χ1v) is 12.7. The fraction of sp³-hybridized carbons (Fsp3) is 0.348. The highest BCUT2D eigenvalue weighted by atomic mass is 35.5. The van der Waals surface area contributed by atoms with Gasteiger partial charge in [0.2, 0.25) is 10.0 Å². The summed E-state index contributed by atoms with van der Waals surface area (Å²) in [4.78, 5) is 34.7. The number of anilines is 1. The SMILES string of the molecule is CC(=O)O[C@@H]1CC[C@H](OC(C)=O)CN(S(=O)(=O)c2cc(C(=O)Nc3cc(F)c(F)c(Cl)c3)ccc2F)C1. The van der Waals surface area contributed by atoms with Gasteiger partial charge in [-0.1, -0.05) is 11.6 Å². The van der Waals surface area contributed by atoms with E-state index < -0.39 is 67.4 Å². The van der Waals surface area contributed by atoms with E-state index in [2.05, 4.69) is 5.32 Å². The minimum absolute atomic E-state index is 0.186. The fourth-order valence-electron chi connectivity index (χ4n) is 3.75. The van der Waals surface area contributed by atoms with Crippen molar-refractivity contribution >= 4 is 45.2 Å². The van der Waals surface area contributed by atoms with Crippen LogP contribution in [0.25, 0.3) is 0 Å². The van der Waals surface area contributed by atoms with Gasteiger partial charge in [-0.05, 0) is 37.1 Å². The highest BCUT2D eigenvalue weighted by Gasteiger charge is 2.36. The van der Waals surface area contributed by atoms with E-state index in [1.807, 2.05) is 0 Å². The number of hydrogen-bond acceptors (Lipinski definition) is 7. The van der Waals surface area contributed by atoms with Gasteiger partial charge < -0.3 is 14.8 Å². The Morgan fingerprint density at radius 3 is 2.03 bits per heavy atom. The normalized spacial score (nSPS) is 18.5. The highest BCUT2D eigenvalue weighted by Crippen LogP contribution is 2.27. The first-order chi connectivity index (χ1) is 17.3. The molecular formula is C23H22ClF3N2O7S. The Balaban J connectivity index is 1.93. The third-order valence-electron chi connectivity index (χ3n) is 5.34. The average molecular weight is 563 g/mol. The van der Waals surface area contributed by atoms with Gasteiger partial charge in [0.25, 0.3) is 5.91 Å². The molecule has 200 valence electrons. The Kier molecular flexibility index (Phi) is 8.82. The van der Waals surface area contributed by atoms with Crippen molar-refractivity contribution in [3.63, 3.8) is 0 Å². The van der Waals surface area contributed by atoms with Gasteiger partial charge in [0, 0.05) is 31.2 Å². The summed E-state index contributed by atoms with van der Waals surface area (Å²) in [6.07, 6.45) is -1.41. The number of carbonyl (C=O) groups excluding carboxylic acids is 3. The van der Waals surface area contributed by atoms with Crippen LogP contribution in [0, 0.1) is 17.5 Å². The number of sulfonamides is 1. The van der Waals surface area contributed by atoms with Crippen molar-refractivity contribution in [3.8, 4) is 0 Å². The standard InChI is InChI=1S/C23H22ClF3N2O7S/c1-12(30)35-16-4-5-17(36-13(2)31)11-29(10-16)37(33,34)21-7-14(3-6-19(21)25)23(32)28-15-8-18(24)22(27)20(26)9-15/h3,6-9,16-17H,4-5,10-11H2,1-2H3,(H,28,32)/t16-,17+. The van der Waals surface area contributed by atoms with Crippen LogP contribution in [0.4, 0.5) is 18.9 Å². The number of benzene rings is 2. The minimum atomic E-state index is -4.64. The molecule has 1 aliphatic rings. The van der Waals surface area contributed by atoms with E-state index in [1.54, 1.807) is 0 Å². The predicted octanol–water partition coefficient (Wildman–Crippen LogP) is 3.66. The van der Waals surface area contributed by atoms with Crippen LogP contribution in [0.2, 0.25) is 5.02 Å². The second kappa shape index (κ2) is 11.5. The van der Waals surface area contributed by atoms with Crippen molar-refractivity contribution in [1.82, 2.24) is 4.31 Å². The molecule has 0 aromatic heterocycles. The van der Waals surface area contributed by atoms with Crippen molar-refractivity contribution in [3.05, 3.63) is 58.4 Å². The Bertz CT molecular complexity index is 1290. The third kappa shape index (κ3) is 6.99. The van der Waals surface area contributed by atoms with Gasteiger partial charge in [0.15, 0.2) is 11.6 Å². The van der Waals surface area contributed by atoms with Crippen LogP contribution in [0.15, 0.2) is 35.2 Å². The molecule has 0 aliphatic carbocycles. The zero-order chi connectivity index (χ0) is 27.5. The molecule has 1 aliphatic heterocycles. The van der Waals surface area contributed by atoms with Crippen molar-refractivity contribution in [1.29, 1.82) is 0 Å². The summed E-state index contributed by atoms with van der Waals surface area (Å²) in [5.41, 5.74) is -0.535. The Morgan fingerprint density at radius 1 is 0.946 bits per heavy atom. The maximum atomic E-state index is 14.8. The highest BCUT2D eigenvalue weighted by molar-refractivity contribution is 7.89. The number of ether oxygens (including phenoxy) is 2. The van der Waals surface area contributed by atoms with Gasteiger partial charge in [-0.2, -0.15) is 4.31 Å². The predicted molar refractivity (Wildman–Crippen MR) is 125 cm³/mol. The van der Waals surface area contributed by atoms with Crippen molar-refractivity contribution in [2.75, 3.05) is 18.4 Å². The van der Waals surface area contributed by atoms with E-state index >= 15 is 0 Å². The molecule has 9 nitrogen and oxygen atoms in total. The Hall–Kier alpha value is -3.16. The van der Waals surface area contributed by atoms with Crippen LogP contribution in [-0.2, 0) is 29.1 Å². The zero-order valence-corrected chi connectivity index (χ0v) is 21.2. The van der Waals surface area contributed by atoms with Crippen LogP contribution in [0.1, 0.15) is 37.0 Å². The monoisotopic (exact) mass is 562 g/mol. The van der Waals surface area contributed by atoms with Crippen molar-refractivity contribution in [2.24, 2.45) is 0 Å². The fourth-order valence-corrected chi connectivity index (χ4v) is 5.55. The molecule has 3 rings (SSSR count). The maximum Gasteiger partial charge on any atom is 0.302 e. The topological polar surface area (TPSA) is 119 Å². The van der Waals surface area contributed by atoms with Gasteiger partial charge in [0.05, 0.1) is 18.1 Å². The summed E-state index contributed by atoms with van der Waals surface area (Å²) in [5, 5.41) is 1.64. The molecule has 0 bridgehead atoms. The molecule has 0 unspecified atom stereocenters. The lowest BCUT2D eigenvalue weighted by Gasteiger charge is -2.25. The first kappa shape index (κ1) is 28.4. The Morgan fingerprint density at radius 2 is 1.51 bits per heavy atom. The van der Waals surface area contributed by atoms with Crippen LogP contribution < -0.4 is 5.32 Å². The average Bonchev–Trinajstić information content (AvgIpc) is 2.99. The van der Waals surface area contributed by atoms with E-state index in [0.717, 1.165) is 42.4 Å². The molecule has 0 radical (unpaired) electrons. The molecule has 1 amide bonds. The molecule has 2 aromatic rings. The number of nitrogens with zero attached hydrogens (tertiary/aromatic N) is 1. The van der Waals surface area contributed by atoms with E-state index in [9.17, 15) is 36.0 Å². The van der Waals surface area contributed by atoms with Gasteiger partial charge in [-0.3, -0.25) is 14.4 Å². The lowest BCUT2D eigenvalue weighted by Crippen LogP contribution is -2.41. The largest absolute Gasteiger partial charge is 0.461 e. The molecule has 1 N–H and O–H groups in total. The number of amides is 1. The van der Waals surface area contributed by atoms with Gasteiger partial charge in [0.1, 0.15) is 22.9 Å². The van der Waals surface area contributed by atoms with Gasteiger partial charge in [-0.15, -0.1) is 0 Å². The lowest BCUT2D eigenvalue weighted by atomic mass is 10.1. The number of hydrogen-bond donors (Lipinski definition) is 1. The molecular weight excluding hydrogens is 541 g/mol. The molecule has 2 aromatic carbocycles. The second-order valence-electron chi connectivity index (χ2n) is 8.22. The van der Waals surface area contributed by atoms with E-state index in [1.165, 1.54) is 0 Å². The summed E-state index contributed by atoms with van der Waals surface area (Å²) in [5.74, 6) is -6.08. The number of halogens is 4. The molecule has 0 spiro atoms. The van der Waals surface area contributed by atoms with E-state index in [4.69, 9.17) is 21.1 Å². The van der Waals surface area contributed by atoms with Crippen LogP contribution in [0.3, 0.4) is 0 Å². The minimum Gasteiger partial charge on any atom is -0.461 e. The molecule has 1 heterocycles. The molecule has 1 fully saturated rings. The lowest BCUT2D eigenvalue weighted by molar-refractivity contribution is -0.148. The van der Waals surface area contributed by atoms with E-state index in [0.29, 0.717) is 6.07 Å². The quantitative estimate of drug-likeness (QED) is 0.421. The molecule has 0 saturated carbocycles. The molecule has 14 heteroatoms.